The predicted molar refractivity (Wildman–Crippen MR) is 97.6 cm³/mol. The molecule has 3 aromatic rings. The van der Waals surface area contributed by atoms with E-state index in [0.29, 0.717) is 24.7 Å². The van der Waals surface area contributed by atoms with Crippen molar-refractivity contribution in [2.75, 3.05) is 6.54 Å². The molecular weight excluding hydrogens is 326 g/mol. The molecule has 2 aromatic heterocycles. The summed E-state index contributed by atoms with van der Waals surface area (Å²) in [4.78, 5) is 18.9. The van der Waals surface area contributed by atoms with Crippen molar-refractivity contribution in [3.63, 3.8) is 0 Å². The Labute approximate surface area is 152 Å². The number of aromatic nitrogens is 2. The van der Waals surface area contributed by atoms with Gasteiger partial charge in [0.1, 0.15) is 5.76 Å². The number of benzene rings is 1. The van der Waals surface area contributed by atoms with Crippen molar-refractivity contribution in [1.82, 2.24) is 15.0 Å². The van der Waals surface area contributed by atoms with Crippen LogP contribution in [-0.2, 0) is 13.0 Å². The van der Waals surface area contributed by atoms with Crippen LogP contribution in [0.1, 0.15) is 46.1 Å². The van der Waals surface area contributed by atoms with Gasteiger partial charge in [0.15, 0.2) is 5.69 Å². The fraction of sp³-hybridized carbons (Fsp3) is 0.286. The van der Waals surface area contributed by atoms with E-state index < -0.39 is 0 Å². The third kappa shape index (κ3) is 3.99. The van der Waals surface area contributed by atoms with Gasteiger partial charge in [-0.15, -0.1) is 0 Å². The molecule has 0 atom stereocenters. The van der Waals surface area contributed by atoms with Crippen molar-refractivity contribution in [2.45, 2.75) is 31.7 Å². The van der Waals surface area contributed by atoms with E-state index in [4.69, 9.17) is 4.52 Å². The summed E-state index contributed by atoms with van der Waals surface area (Å²) in [6, 6.07) is 15.9. The first-order valence-electron chi connectivity index (χ1n) is 8.98. The Morgan fingerprint density at radius 2 is 1.85 bits per heavy atom. The smallest absolute Gasteiger partial charge is 0.276 e. The first kappa shape index (κ1) is 16.5. The molecule has 1 aliphatic carbocycles. The van der Waals surface area contributed by atoms with Crippen LogP contribution in [0.3, 0.4) is 0 Å². The lowest BCUT2D eigenvalue weighted by Crippen LogP contribution is -2.32. The van der Waals surface area contributed by atoms with Gasteiger partial charge in [-0.2, -0.15) is 0 Å². The second-order valence-electron chi connectivity index (χ2n) is 6.71. The molecule has 4 rings (SSSR count). The molecule has 0 N–H and O–H groups in total. The van der Waals surface area contributed by atoms with Crippen molar-refractivity contribution in [1.29, 1.82) is 0 Å². The monoisotopic (exact) mass is 347 g/mol. The van der Waals surface area contributed by atoms with Crippen molar-refractivity contribution < 1.29 is 9.32 Å². The molecule has 0 unspecified atom stereocenters. The molecule has 0 aliphatic heterocycles. The molecule has 0 bridgehead atoms. The van der Waals surface area contributed by atoms with Crippen LogP contribution in [0.4, 0.5) is 0 Å². The molecule has 1 aromatic carbocycles. The van der Waals surface area contributed by atoms with E-state index in [1.807, 2.05) is 41.3 Å². The predicted octanol–water partition coefficient (Wildman–Crippen LogP) is 3.83. The minimum absolute atomic E-state index is 0.0895. The Morgan fingerprint density at radius 3 is 2.58 bits per heavy atom. The van der Waals surface area contributed by atoms with Crippen LogP contribution in [-0.4, -0.2) is 27.5 Å². The molecule has 5 heteroatoms. The maximum Gasteiger partial charge on any atom is 0.276 e. The lowest BCUT2D eigenvalue weighted by atomic mass is 10.1. The lowest BCUT2D eigenvalue weighted by Gasteiger charge is -2.22. The average molecular weight is 347 g/mol. The van der Waals surface area contributed by atoms with Crippen molar-refractivity contribution in [2.24, 2.45) is 0 Å². The van der Waals surface area contributed by atoms with Gasteiger partial charge < -0.3 is 9.42 Å². The van der Waals surface area contributed by atoms with Gasteiger partial charge in [0.2, 0.25) is 0 Å². The molecular formula is C21H21N3O2. The number of carbonyl (C=O) groups excluding carboxylic acids is 1. The van der Waals surface area contributed by atoms with E-state index in [9.17, 15) is 4.79 Å². The zero-order valence-electron chi connectivity index (χ0n) is 14.5. The highest BCUT2D eigenvalue weighted by atomic mass is 16.5. The number of nitrogens with zero attached hydrogens (tertiary/aromatic N) is 3. The summed E-state index contributed by atoms with van der Waals surface area (Å²) in [6.07, 6.45) is 6.53. The second-order valence-corrected chi connectivity index (χ2v) is 6.71. The quantitative estimate of drug-likeness (QED) is 0.652. The molecule has 2 heterocycles. The van der Waals surface area contributed by atoms with E-state index in [2.05, 4.69) is 22.3 Å². The summed E-state index contributed by atoms with van der Waals surface area (Å²) in [5.41, 5.74) is 2.65. The third-order valence-electron chi connectivity index (χ3n) is 4.65. The Balaban J connectivity index is 1.51. The highest BCUT2D eigenvalue weighted by Gasteiger charge is 2.29. The number of hydrogen-bond donors (Lipinski definition) is 0. The lowest BCUT2D eigenvalue weighted by molar-refractivity contribution is 0.0734. The van der Waals surface area contributed by atoms with E-state index in [-0.39, 0.29) is 5.91 Å². The second kappa shape index (κ2) is 7.52. The van der Waals surface area contributed by atoms with Gasteiger partial charge in [0, 0.05) is 37.5 Å². The molecule has 1 saturated carbocycles. The first-order chi connectivity index (χ1) is 12.8. The molecule has 132 valence electrons. The fourth-order valence-electron chi connectivity index (χ4n) is 2.98. The van der Waals surface area contributed by atoms with Crippen molar-refractivity contribution in [3.8, 4) is 0 Å². The third-order valence-corrected chi connectivity index (χ3v) is 4.65. The highest BCUT2D eigenvalue weighted by Crippen LogP contribution is 2.40. The maximum absolute atomic E-state index is 13.0. The maximum atomic E-state index is 13.0. The van der Waals surface area contributed by atoms with Gasteiger partial charge >= 0.3 is 0 Å². The zero-order valence-corrected chi connectivity index (χ0v) is 14.5. The topological polar surface area (TPSA) is 59.2 Å². The molecule has 5 nitrogen and oxygen atoms in total. The van der Waals surface area contributed by atoms with Gasteiger partial charge in [-0.3, -0.25) is 9.78 Å². The van der Waals surface area contributed by atoms with Gasteiger partial charge in [-0.25, -0.2) is 0 Å². The van der Waals surface area contributed by atoms with Crippen LogP contribution < -0.4 is 0 Å². The van der Waals surface area contributed by atoms with Crippen LogP contribution >= 0.6 is 0 Å². The van der Waals surface area contributed by atoms with Crippen LogP contribution in [0.15, 0.2) is 65.4 Å². The summed E-state index contributed by atoms with van der Waals surface area (Å²) in [7, 11) is 0. The Hall–Kier alpha value is -2.95. The number of hydrogen-bond acceptors (Lipinski definition) is 4. The summed E-state index contributed by atoms with van der Waals surface area (Å²) in [5.74, 6) is 1.19. The Morgan fingerprint density at radius 1 is 1.08 bits per heavy atom. The van der Waals surface area contributed by atoms with E-state index in [1.54, 1.807) is 12.4 Å². The van der Waals surface area contributed by atoms with Gasteiger partial charge in [0.05, 0.1) is 0 Å². The summed E-state index contributed by atoms with van der Waals surface area (Å²) in [5, 5.41) is 4.02. The molecule has 26 heavy (non-hydrogen) atoms. The number of pyridine rings is 1. The van der Waals surface area contributed by atoms with Gasteiger partial charge in [-0.05, 0) is 42.5 Å². The normalized spacial score (nSPS) is 13.5. The van der Waals surface area contributed by atoms with Crippen molar-refractivity contribution >= 4 is 5.91 Å². The largest absolute Gasteiger partial charge is 0.360 e. The minimum Gasteiger partial charge on any atom is -0.360 e. The molecule has 1 fully saturated rings. The van der Waals surface area contributed by atoms with E-state index in [1.165, 1.54) is 5.56 Å². The van der Waals surface area contributed by atoms with Crippen LogP contribution in [0.2, 0.25) is 0 Å². The van der Waals surface area contributed by atoms with Crippen LogP contribution in [0, 0.1) is 0 Å². The number of rotatable bonds is 7. The Kier molecular flexibility index (Phi) is 4.78. The number of amides is 1. The average Bonchev–Trinajstić information content (AvgIpc) is 3.43. The van der Waals surface area contributed by atoms with Crippen LogP contribution in [0.5, 0.6) is 0 Å². The molecule has 0 spiro atoms. The molecule has 0 saturated heterocycles. The minimum atomic E-state index is -0.0895. The standard InChI is InChI=1S/C21H21N3O2/c25-21(19-14-20(26-23-19)18-6-7-18)24(15-17-8-11-22-12-9-17)13-10-16-4-2-1-3-5-16/h1-5,8-9,11-12,14,18H,6-7,10,13,15H2. The van der Waals surface area contributed by atoms with Gasteiger partial charge in [0.25, 0.3) is 5.91 Å². The highest BCUT2D eigenvalue weighted by molar-refractivity contribution is 5.92. The SMILES string of the molecule is O=C(c1cc(C2CC2)on1)N(CCc1ccccc1)Cc1ccncc1. The zero-order chi connectivity index (χ0) is 17.8. The van der Waals surface area contributed by atoms with E-state index >= 15 is 0 Å². The van der Waals surface area contributed by atoms with Crippen LogP contribution in [0.25, 0.3) is 0 Å². The number of carbonyl (C=O) groups is 1. The molecule has 0 radical (unpaired) electrons. The summed E-state index contributed by atoms with van der Waals surface area (Å²) in [6.45, 7) is 1.15. The van der Waals surface area contributed by atoms with Crippen molar-refractivity contribution in [3.05, 3.63) is 83.5 Å². The first-order valence-corrected chi connectivity index (χ1v) is 8.98. The molecule has 1 aliphatic rings. The van der Waals surface area contributed by atoms with Gasteiger partial charge in [-0.1, -0.05) is 35.5 Å². The fourth-order valence-corrected chi connectivity index (χ4v) is 2.98. The Bertz CT molecular complexity index is 857. The summed E-state index contributed by atoms with van der Waals surface area (Å²) < 4.78 is 5.37. The summed E-state index contributed by atoms with van der Waals surface area (Å²) >= 11 is 0. The van der Waals surface area contributed by atoms with E-state index in [0.717, 1.165) is 30.6 Å². The molecule has 1 amide bonds.